The van der Waals surface area contributed by atoms with Gasteiger partial charge in [0.1, 0.15) is 5.54 Å². The number of hydrogen-bond donors (Lipinski definition) is 0. The fraction of sp³-hybridized carbons (Fsp3) is 0.786. The van der Waals surface area contributed by atoms with E-state index >= 15 is 0 Å². The topological polar surface area (TPSA) is 29.5 Å². The van der Waals surface area contributed by atoms with Gasteiger partial charge in [-0.2, -0.15) is 0 Å². The zero-order chi connectivity index (χ0) is 16.0. The summed E-state index contributed by atoms with van der Waals surface area (Å²) in [6, 6.07) is 0. The predicted octanol–water partition coefficient (Wildman–Crippen LogP) is 4.70. The summed E-state index contributed by atoms with van der Waals surface area (Å²) >= 11 is 17.5. The molecule has 2 heterocycles. The summed E-state index contributed by atoms with van der Waals surface area (Å²) < 4.78 is 3.58. The van der Waals surface area contributed by atoms with Crippen LogP contribution in [0.2, 0.25) is 0 Å². The number of carbonyl (C=O) groups excluding carboxylic acids is 1. The van der Waals surface area contributed by atoms with E-state index in [0.29, 0.717) is 13.0 Å². The molecule has 2 atom stereocenters. The van der Waals surface area contributed by atoms with Crippen molar-refractivity contribution in [2.75, 3.05) is 6.54 Å². The molecule has 3 nitrogen and oxygen atoms in total. The number of rotatable bonds is 2. The molecule has 118 valence electrons. The van der Waals surface area contributed by atoms with Gasteiger partial charge in [-0.15, -0.1) is 6.58 Å². The molecule has 0 aromatic heterocycles. The van der Waals surface area contributed by atoms with E-state index in [2.05, 4.69) is 6.58 Å². The summed E-state index contributed by atoms with van der Waals surface area (Å²) in [6.07, 6.45) is 3.09. The first-order valence-corrected chi connectivity index (χ1v) is 8.21. The Morgan fingerprint density at radius 2 is 1.95 bits per heavy atom. The molecule has 0 aromatic carbocycles. The summed E-state index contributed by atoms with van der Waals surface area (Å²) in [5.74, 6) is -0.304. The third-order valence-electron chi connectivity index (χ3n) is 3.18. The summed E-state index contributed by atoms with van der Waals surface area (Å²) in [5.41, 5.74) is -0.656. The van der Waals surface area contributed by atoms with Crippen molar-refractivity contribution in [1.82, 2.24) is 4.90 Å². The van der Waals surface area contributed by atoms with E-state index in [1.165, 1.54) is 0 Å². The highest BCUT2D eigenvalue weighted by Crippen LogP contribution is 2.47. The van der Waals surface area contributed by atoms with E-state index in [0.717, 1.165) is 12.8 Å². The highest BCUT2D eigenvalue weighted by Gasteiger charge is 2.61. The molecule has 0 radical (unpaired) electrons. The lowest BCUT2D eigenvalue weighted by atomic mass is 9.93. The summed E-state index contributed by atoms with van der Waals surface area (Å²) in [5, 5.41) is 0. The molecule has 0 spiro atoms. The third kappa shape index (κ3) is 3.82. The predicted molar refractivity (Wildman–Crippen MR) is 86.4 cm³/mol. The van der Waals surface area contributed by atoms with Crippen molar-refractivity contribution in [1.29, 1.82) is 0 Å². The largest absolute Gasteiger partial charge is 0.440 e. The number of carbonyl (C=O) groups is 1. The summed E-state index contributed by atoms with van der Waals surface area (Å²) in [7, 11) is 0. The van der Waals surface area contributed by atoms with Gasteiger partial charge in [-0.1, -0.05) is 68.6 Å². The van der Waals surface area contributed by atoms with Crippen LogP contribution in [0.3, 0.4) is 0 Å². The number of hydrogen-bond acceptors (Lipinski definition) is 3. The van der Waals surface area contributed by atoms with Crippen LogP contribution >= 0.6 is 34.8 Å². The molecule has 2 aliphatic rings. The highest BCUT2D eigenvalue weighted by atomic mass is 35.6. The number of nitrogens with zero attached hydrogens (tertiary/aromatic N) is 1. The van der Waals surface area contributed by atoms with Crippen molar-refractivity contribution in [3.63, 3.8) is 0 Å². The molecule has 2 rings (SSSR count). The molecule has 6 heteroatoms. The fourth-order valence-electron chi connectivity index (χ4n) is 2.52. The summed E-state index contributed by atoms with van der Waals surface area (Å²) in [4.78, 5) is 13.8. The maximum absolute atomic E-state index is 11.9. The van der Waals surface area contributed by atoms with E-state index in [9.17, 15) is 4.79 Å². The molecule has 0 bridgehead atoms. The van der Waals surface area contributed by atoms with Crippen LogP contribution < -0.4 is 0 Å². The third-order valence-corrected chi connectivity index (χ3v) is 3.74. The van der Waals surface area contributed by atoms with Gasteiger partial charge in [0.05, 0.1) is 0 Å². The minimum Gasteiger partial charge on any atom is -0.440 e. The molecular weight excluding hydrogens is 321 g/mol. The van der Waals surface area contributed by atoms with Gasteiger partial charge in [0.2, 0.25) is 10.0 Å². The van der Waals surface area contributed by atoms with Crippen LogP contribution in [0.1, 0.15) is 47.0 Å². The average Bonchev–Trinajstić information content (AvgIpc) is 2.94. The monoisotopic (exact) mass is 343 g/mol. The lowest BCUT2D eigenvalue weighted by Crippen LogP contribution is -2.48. The van der Waals surface area contributed by atoms with Crippen LogP contribution in [-0.4, -0.2) is 33.0 Å². The Hall–Kier alpha value is 0.0400. The van der Waals surface area contributed by atoms with Gasteiger partial charge < -0.3 is 4.74 Å². The first-order chi connectivity index (χ1) is 9.42. The summed E-state index contributed by atoms with van der Waals surface area (Å²) in [6.45, 7) is 12.4. The van der Waals surface area contributed by atoms with Gasteiger partial charge in [0.25, 0.3) is 0 Å². The lowest BCUT2D eigenvalue weighted by Gasteiger charge is -2.31. The molecule has 2 unspecified atom stereocenters. The Bertz CT molecular complexity index is 331. The van der Waals surface area contributed by atoms with Gasteiger partial charge in [0.15, 0.2) is 0 Å². The second-order valence-electron chi connectivity index (χ2n) is 4.12. The Kier molecular flexibility index (Phi) is 8.49. The highest BCUT2D eigenvalue weighted by molar-refractivity contribution is 6.68. The van der Waals surface area contributed by atoms with Crippen LogP contribution in [0, 0.1) is 0 Å². The van der Waals surface area contributed by atoms with Crippen molar-refractivity contribution in [3.8, 4) is 0 Å². The van der Waals surface area contributed by atoms with Crippen molar-refractivity contribution >= 4 is 40.8 Å². The maximum atomic E-state index is 11.9. The smallest absolute Gasteiger partial charge is 0.328 e. The average molecular weight is 345 g/mol. The SMILES string of the molecule is C=CCC12CCCN1C(C(Cl)(Cl)Cl)OC2=O.CC.CC. The number of halogens is 3. The number of fused-ring (bicyclic) bond motifs is 1. The van der Waals surface area contributed by atoms with Crippen molar-refractivity contribution in [3.05, 3.63) is 12.7 Å². The number of esters is 1. The minimum absolute atomic E-state index is 0.304. The Balaban J connectivity index is 0.000000829. The van der Waals surface area contributed by atoms with Crippen molar-refractivity contribution in [2.45, 2.75) is 62.5 Å². The zero-order valence-corrected chi connectivity index (χ0v) is 14.9. The molecule has 0 amide bonds. The molecule has 0 N–H and O–H groups in total. The quantitative estimate of drug-likeness (QED) is 0.413. The first-order valence-electron chi connectivity index (χ1n) is 7.07. The van der Waals surface area contributed by atoms with Crippen molar-refractivity contribution in [2.24, 2.45) is 0 Å². The molecule has 0 aliphatic carbocycles. The lowest BCUT2D eigenvalue weighted by molar-refractivity contribution is -0.145. The van der Waals surface area contributed by atoms with Gasteiger partial charge >= 0.3 is 5.97 Å². The molecule has 2 aliphatic heterocycles. The minimum atomic E-state index is -1.61. The molecular formula is C14H24Cl3NO2. The van der Waals surface area contributed by atoms with Gasteiger partial charge in [-0.3, -0.25) is 0 Å². The number of cyclic esters (lactones) is 1. The Labute approximate surface area is 137 Å². The van der Waals surface area contributed by atoms with E-state index < -0.39 is 15.6 Å². The van der Waals surface area contributed by atoms with Crippen LogP contribution in [-0.2, 0) is 9.53 Å². The van der Waals surface area contributed by atoms with E-state index in [-0.39, 0.29) is 5.97 Å². The van der Waals surface area contributed by atoms with E-state index in [4.69, 9.17) is 39.5 Å². The van der Waals surface area contributed by atoms with Crippen LogP contribution in [0.15, 0.2) is 12.7 Å². The second kappa shape index (κ2) is 8.47. The Morgan fingerprint density at radius 1 is 1.40 bits per heavy atom. The standard InChI is InChI=1S/C10H12Cl3NO2.2C2H6/c1-2-4-9-5-3-6-14(9)7(10(11,12)13)16-8(9)15;2*1-2/h2,7H,1,3-6H2;2*1-2H3. The van der Waals surface area contributed by atoms with E-state index in [1.54, 1.807) is 6.08 Å². The fourth-order valence-corrected chi connectivity index (χ4v) is 3.01. The van der Waals surface area contributed by atoms with E-state index in [1.807, 2.05) is 32.6 Å². The van der Waals surface area contributed by atoms with Gasteiger partial charge in [-0.25, -0.2) is 9.69 Å². The molecule has 2 saturated heterocycles. The molecule has 0 aromatic rings. The molecule has 20 heavy (non-hydrogen) atoms. The first kappa shape index (κ1) is 20.0. The normalized spacial score (nSPS) is 28.6. The van der Waals surface area contributed by atoms with Gasteiger partial charge in [0, 0.05) is 6.54 Å². The zero-order valence-electron chi connectivity index (χ0n) is 12.6. The van der Waals surface area contributed by atoms with Crippen LogP contribution in [0.25, 0.3) is 0 Å². The van der Waals surface area contributed by atoms with Crippen LogP contribution in [0.5, 0.6) is 0 Å². The van der Waals surface area contributed by atoms with Gasteiger partial charge in [-0.05, 0) is 19.3 Å². The maximum Gasteiger partial charge on any atom is 0.328 e. The molecule has 0 saturated carbocycles. The number of ether oxygens (including phenoxy) is 1. The number of alkyl halides is 3. The molecule has 2 fully saturated rings. The second-order valence-corrected chi connectivity index (χ2v) is 6.49. The Morgan fingerprint density at radius 3 is 2.40 bits per heavy atom. The van der Waals surface area contributed by atoms with Crippen molar-refractivity contribution < 1.29 is 9.53 Å². The van der Waals surface area contributed by atoms with Crippen LogP contribution in [0.4, 0.5) is 0 Å².